The van der Waals surface area contributed by atoms with Gasteiger partial charge in [-0.15, -0.1) is 11.3 Å². The third-order valence-corrected chi connectivity index (χ3v) is 6.03. The van der Waals surface area contributed by atoms with Crippen molar-refractivity contribution in [3.63, 3.8) is 0 Å². The minimum absolute atomic E-state index is 0.0767. The highest BCUT2D eigenvalue weighted by Crippen LogP contribution is 2.31. The zero-order valence-electron chi connectivity index (χ0n) is 14.3. The Bertz CT molecular complexity index is 762. The van der Waals surface area contributed by atoms with Crippen LogP contribution in [0.25, 0.3) is 0 Å². The highest BCUT2D eigenvalue weighted by atomic mass is 35.5. The molecule has 5 nitrogen and oxygen atoms in total. The van der Waals surface area contributed by atoms with Crippen molar-refractivity contribution >= 4 is 28.8 Å². The first kappa shape index (κ1) is 17.8. The highest BCUT2D eigenvalue weighted by molar-refractivity contribution is 7.10. The summed E-state index contributed by atoms with van der Waals surface area (Å²) >= 11 is 7.75. The van der Waals surface area contributed by atoms with Crippen LogP contribution in [0.4, 0.5) is 0 Å². The molecule has 0 saturated carbocycles. The maximum Gasteiger partial charge on any atom is 0.261 e. The van der Waals surface area contributed by atoms with E-state index in [1.54, 1.807) is 17.4 Å². The number of hydrogen-bond acceptors (Lipinski definition) is 5. The number of ether oxygens (including phenoxy) is 2. The lowest BCUT2D eigenvalue weighted by atomic mass is 10.1. The van der Waals surface area contributed by atoms with Gasteiger partial charge in [0.2, 0.25) is 0 Å². The molecule has 4 rings (SSSR count). The summed E-state index contributed by atoms with van der Waals surface area (Å²) in [5, 5.41) is 5.83. The summed E-state index contributed by atoms with van der Waals surface area (Å²) in [6.45, 7) is 3.79. The van der Waals surface area contributed by atoms with Gasteiger partial charge in [0.15, 0.2) is 6.10 Å². The number of amides is 1. The van der Waals surface area contributed by atoms with Crippen molar-refractivity contribution in [3.05, 3.63) is 51.2 Å². The molecule has 2 aliphatic rings. The van der Waals surface area contributed by atoms with Gasteiger partial charge in [-0.25, -0.2) is 0 Å². The van der Waals surface area contributed by atoms with Crippen LogP contribution in [0.2, 0.25) is 5.02 Å². The van der Waals surface area contributed by atoms with E-state index >= 15 is 0 Å². The molecule has 26 heavy (non-hydrogen) atoms. The number of hydrogen-bond donors (Lipinski definition) is 1. The molecule has 1 aromatic carbocycles. The molecule has 138 valence electrons. The van der Waals surface area contributed by atoms with Gasteiger partial charge in [-0.1, -0.05) is 17.7 Å². The summed E-state index contributed by atoms with van der Waals surface area (Å²) in [4.78, 5) is 16.3. The summed E-state index contributed by atoms with van der Waals surface area (Å²) in [5.74, 6) is 0.671. The van der Waals surface area contributed by atoms with Crippen LogP contribution in [-0.4, -0.2) is 49.8 Å². The number of thiophene rings is 1. The van der Waals surface area contributed by atoms with Gasteiger partial charge in [-0.2, -0.15) is 0 Å². The van der Waals surface area contributed by atoms with Gasteiger partial charge >= 0.3 is 0 Å². The van der Waals surface area contributed by atoms with Crippen LogP contribution < -0.4 is 10.1 Å². The van der Waals surface area contributed by atoms with Crippen molar-refractivity contribution in [2.45, 2.75) is 18.6 Å². The van der Waals surface area contributed by atoms with E-state index in [-0.39, 0.29) is 11.9 Å². The van der Waals surface area contributed by atoms with Gasteiger partial charge in [0.05, 0.1) is 19.3 Å². The average molecular weight is 393 g/mol. The second-order valence-electron chi connectivity index (χ2n) is 6.49. The van der Waals surface area contributed by atoms with Crippen LogP contribution in [0.1, 0.15) is 16.5 Å². The van der Waals surface area contributed by atoms with Crippen molar-refractivity contribution < 1.29 is 14.3 Å². The third kappa shape index (κ3) is 3.88. The SMILES string of the molecule is O=C(NC[C@H](c1cccs1)N1CCOCC1)[C@@H]1Cc2cc(Cl)ccc2O1. The van der Waals surface area contributed by atoms with E-state index < -0.39 is 6.10 Å². The summed E-state index contributed by atoms with van der Waals surface area (Å²) in [6.07, 6.45) is 0.0697. The fraction of sp³-hybridized carbons (Fsp3) is 0.421. The fourth-order valence-corrected chi connectivity index (χ4v) is 4.51. The Morgan fingerprint density at radius 1 is 1.35 bits per heavy atom. The Labute approximate surface area is 161 Å². The van der Waals surface area contributed by atoms with E-state index in [4.69, 9.17) is 21.1 Å². The van der Waals surface area contributed by atoms with Crippen LogP contribution in [-0.2, 0) is 16.0 Å². The van der Waals surface area contributed by atoms with Crippen LogP contribution in [0.15, 0.2) is 35.7 Å². The van der Waals surface area contributed by atoms with Crippen molar-refractivity contribution in [1.82, 2.24) is 10.2 Å². The van der Waals surface area contributed by atoms with Crippen LogP contribution in [0.5, 0.6) is 5.75 Å². The number of carbonyl (C=O) groups excluding carboxylic acids is 1. The van der Waals surface area contributed by atoms with Gasteiger partial charge in [0.1, 0.15) is 5.75 Å². The highest BCUT2D eigenvalue weighted by Gasteiger charge is 2.31. The largest absolute Gasteiger partial charge is 0.480 e. The molecule has 2 atom stereocenters. The normalized spacial score (nSPS) is 21.0. The maximum absolute atomic E-state index is 12.6. The standard InChI is InChI=1S/C19H21ClN2O3S/c20-14-3-4-16-13(10-14)11-17(25-16)19(23)21-12-15(18-2-1-9-26-18)22-5-7-24-8-6-22/h1-4,9-10,15,17H,5-8,11-12H2,(H,21,23)/t15-,17+/m1/s1. The van der Waals surface area contributed by atoms with Gasteiger partial charge < -0.3 is 14.8 Å². The Morgan fingerprint density at radius 3 is 2.96 bits per heavy atom. The molecule has 1 amide bonds. The third-order valence-electron chi connectivity index (χ3n) is 4.82. The minimum Gasteiger partial charge on any atom is -0.480 e. The number of morpholine rings is 1. The van der Waals surface area contributed by atoms with Gasteiger partial charge in [0, 0.05) is 36.0 Å². The first-order valence-corrected chi connectivity index (χ1v) is 10.0. The number of nitrogens with zero attached hydrogens (tertiary/aromatic N) is 1. The Kier molecular flexibility index (Phi) is 5.45. The van der Waals surface area contributed by atoms with E-state index in [9.17, 15) is 4.79 Å². The molecule has 0 radical (unpaired) electrons. The Hall–Kier alpha value is -1.60. The van der Waals surface area contributed by atoms with Crippen LogP contribution in [0.3, 0.4) is 0 Å². The number of carbonyl (C=O) groups is 1. The number of rotatable bonds is 5. The number of benzene rings is 1. The molecule has 1 N–H and O–H groups in total. The number of fused-ring (bicyclic) bond motifs is 1. The van der Waals surface area contributed by atoms with Crippen molar-refractivity contribution in [2.24, 2.45) is 0 Å². The summed E-state index contributed by atoms with van der Waals surface area (Å²) in [7, 11) is 0. The lowest BCUT2D eigenvalue weighted by Gasteiger charge is -2.34. The lowest BCUT2D eigenvalue weighted by molar-refractivity contribution is -0.127. The van der Waals surface area contributed by atoms with Gasteiger partial charge in [-0.3, -0.25) is 9.69 Å². The first-order chi connectivity index (χ1) is 12.7. The van der Waals surface area contributed by atoms with E-state index in [2.05, 4.69) is 27.7 Å². The van der Waals surface area contributed by atoms with Crippen LogP contribution in [0, 0.1) is 0 Å². The molecule has 1 fully saturated rings. The minimum atomic E-state index is -0.489. The molecule has 1 aromatic heterocycles. The lowest BCUT2D eigenvalue weighted by Crippen LogP contribution is -2.46. The average Bonchev–Trinajstić information content (AvgIpc) is 3.32. The Balaban J connectivity index is 1.39. The molecule has 0 aliphatic carbocycles. The smallest absolute Gasteiger partial charge is 0.261 e. The first-order valence-electron chi connectivity index (χ1n) is 8.79. The molecule has 0 spiro atoms. The monoisotopic (exact) mass is 392 g/mol. The molecule has 3 heterocycles. The molecule has 1 saturated heterocycles. The van der Waals surface area contributed by atoms with E-state index in [1.165, 1.54) is 4.88 Å². The molecule has 2 aliphatic heterocycles. The van der Waals surface area contributed by atoms with Gasteiger partial charge in [-0.05, 0) is 35.2 Å². The molecular weight excluding hydrogens is 372 g/mol. The summed E-state index contributed by atoms with van der Waals surface area (Å²) < 4.78 is 11.3. The van der Waals surface area contributed by atoms with E-state index in [1.807, 2.05) is 12.1 Å². The topological polar surface area (TPSA) is 50.8 Å². The summed E-state index contributed by atoms with van der Waals surface area (Å²) in [6, 6.07) is 9.82. The number of halogens is 1. The van der Waals surface area contributed by atoms with E-state index in [0.717, 1.165) is 37.6 Å². The predicted octanol–water partition coefficient (Wildman–Crippen LogP) is 2.89. The van der Waals surface area contributed by atoms with Gasteiger partial charge in [0.25, 0.3) is 5.91 Å². The van der Waals surface area contributed by atoms with E-state index in [0.29, 0.717) is 18.0 Å². The molecule has 0 unspecified atom stereocenters. The quantitative estimate of drug-likeness (QED) is 0.850. The van der Waals surface area contributed by atoms with Crippen molar-refractivity contribution in [3.8, 4) is 5.75 Å². The fourth-order valence-electron chi connectivity index (χ4n) is 3.45. The molecule has 2 aromatic rings. The van der Waals surface area contributed by atoms with Crippen LogP contribution >= 0.6 is 22.9 Å². The predicted molar refractivity (Wildman–Crippen MR) is 102 cm³/mol. The van der Waals surface area contributed by atoms with Crippen molar-refractivity contribution in [1.29, 1.82) is 0 Å². The second-order valence-corrected chi connectivity index (χ2v) is 7.90. The molecule has 0 bridgehead atoms. The zero-order chi connectivity index (χ0) is 17.9. The maximum atomic E-state index is 12.6. The second kappa shape index (κ2) is 7.96. The zero-order valence-corrected chi connectivity index (χ0v) is 15.9. The molecule has 7 heteroatoms. The van der Waals surface area contributed by atoms with Crippen molar-refractivity contribution in [2.75, 3.05) is 32.8 Å². The summed E-state index contributed by atoms with van der Waals surface area (Å²) in [5.41, 5.74) is 0.987. The number of nitrogens with one attached hydrogen (secondary N) is 1. The molecular formula is C19H21ClN2O3S. The Morgan fingerprint density at radius 2 is 2.19 bits per heavy atom.